The van der Waals surface area contributed by atoms with Crippen LogP contribution in [-0.4, -0.2) is 26.1 Å². The molecule has 1 heterocycles. The summed E-state index contributed by atoms with van der Waals surface area (Å²) in [5.41, 5.74) is 6.20. The van der Waals surface area contributed by atoms with Crippen molar-refractivity contribution in [1.29, 1.82) is 0 Å². The van der Waals surface area contributed by atoms with Crippen molar-refractivity contribution in [3.05, 3.63) is 44.1 Å². The quantitative estimate of drug-likeness (QED) is 0.474. The zero-order valence-electron chi connectivity index (χ0n) is 22.5. The molecule has 1 atom stereocenters. The molecule has 0 aliphatic heterocycles. The van der Waals surface area contributed by atoms with E-state index in [-0.39, 0.29) is 30.9 Å². The molecule has 2 aliphatic rings. The molecule has 1 fully saturated rings. The third-order valence-corrected chi connectivity index (χ3v) is 7.10. The molecule has 2 aliphatic carbocycles. The number of carbonyl (C=O) groups is 1. The summed E-state index contributed by atoms with van der Waals surface area (Å²) in [5.74, 6) is 1.91. The molecule has 1 saturated carbocycles. The number of rotatable bonds is 11. The van der Waals surface area contributed by atoms with Crippen LogP contribution in [0.2, 0.25) is 0 Å². The summed E-state index contributed by atoms with van der Waals surface area (Å²) in [6.45, 7) is 11.0. The van der Waals surface area contributed by atoms with E-state index in [0.717, 1.165) is 60.1 Å². The number of allylic oxidation sites excluding steroid dienone is 4. The third-order valence-electron chi connectivity index (χ3n) is 7.10. The Labute approximate surface area is 213 Å². The van der Waals surface area contributed by atoms with Gasteiger partial charge in [-0.1, -0.05) is 40.0 Å². The van der Waals surface area contributed by atoms with Gasteiger partial charge in [0.05, 0.1) is 6.10 Å². The van der Waals surface area contributed by atoms with Gasteiger partial charge in [0, 0.05) is 31.1 Å². The summed E-state index contributed by atoms with van der Waals surface area (Å²) in [6.07, 6.45) is 8.97. The second kappa shape index (κ2) is 12.4. The fourth-order valence-corrected chi connectivity index (χ4v) is 5.19. The largest absolute Gasteiger partial charge is 0.495 e. The van der Waals surface area contributed by atoms with Gasteiger partial charge in [-0.05, 0) is 63.0 Å². The molecular weight excluding hydrogens is 458 g/mol. The normalized spacial score (nSPS) is 22.5. The first-order chi connectivity index (χ1) is 17.1. The van der Waals surface area contributed by atoms with E-state index in [9.17, 15) is 14.4 Å². The number of aromatic nitrogens is 3. The average molecular weight is 502 g/mol. The highest BCUT2D eigenvalue weighted by molar-refractivity contribution is 5.73. The summed E-state index contributed by atoms with van der Waals surface area (Å²) < 4.78 is 8.75. The van der Waals surface area contributed by atoms with Gasteiger partial charge in [-0.3, -0.25) is 9.36 Å². The van der Waals surface area contributed by atoms with E-state index in [1.165, 1.54) is 0 Å². The first kappa shape index (κ1) is 27.7. The Morgan fingerprint density at radius 1 is 1.19 bits per heavy atom. The second-order valence-corrected chi connectivity index (χ2v) is 10.8. The minimum absolute atomic E-state index is 0.0685. The Bertz CT molecular complexity index is 1110. The van der Waals surface area contributed by atoms with Crippen LogP contribution in [-0.2, 0) is 22.6 Å². The van der Waals surface area contributed by atoms with Crippen molar-refractivity contribution in [2.75, 3.05) is 5.32 Å². The molecule has 36 heavy (non-hydrogen) atoms. The lowest BCUT2D eigenvalue weighted by Gasteiger charge is -2.29. The highest BCUT2D eigenvalue weighted by Gasteiger charge is 2.26. The SMILES string of the molecule is CCCC1=C(OC(C)C)C(C)CC(Nc2nc(=O)n(CCC(N)=O)c(=O)n2CC2CCC(C)CC2)=C1. The molecule has 0 saturated heterocycles. The summed E-state index contributed by atoms with van der Waals surface area (Å²) in [6, 6.07) is 0. The maximum Gasteiger partial charge on any atom is 0.354 e. The molecule has 1 aromatic rings. The number of ether oxygens (including phenoxy) is 1. The van der Waals surface area contributed by atoms with Crippen molar-refractivity contribution in [2.45, 2.75) is 105 Å². The molecule has 1 aromatic heterocycles. The van der Waals surface area contributed by atoms with Crippen LogP contribution in [0.4, 0.5) is 5.95 Å². The van der Waals surface area contributed by atoms with E-state index in [0.29, 0.717) is 24.8 Å². The molecule has 3 rings (SSSR count). The molecule has 0 radical (unpaired) electrons. The number of anilines is 1. The third kappa shape index (κ3) is 7.11. The number of carbonyl (C=O) groups excluding carboxylic acids is 1. The maximum absolute atomic E-state index is 13.5. The summed E-state index contributed by atoms with van der Waals surface area (Å²) in [5, 5.41) is 3.33. The number of amides is 1. The van der Waals surface area contributed by atoms with Crippen molar-refractivity contribution in [3.8, 4) is 0 Å². The lowest BCUT2D eigenvalue weighted by molar-refractivity contribution is -0.118. The van der Waals surface area contributed by atoms with Crippen molar-refractivity contribution < 1.29 is 9.53 Å². The highest BCUT2D eigenvalue weighted by atomic mass is 16.5. The molecule has 1 unspecified atom stereocenters. The monoisotopic (exact) mass is 501 g/mol. The molecule has 1 amide bonds. The Balaban J connectivity index is 1.98. The molecule has 200 valence electrons. The van der Waals surface area contributed by atoms with E-state index in [2.05, 4.69) is 37.1 Å². The molecule has 0 bridgehead atoms. The molecule has 9 nitrogen and oxygen atoms in total. The summed E-state index contributed by atoms with van der Waals surface area (Å²) >= 11 is 0. The standard InChI is InChI=1S/C27H43N5O4/c1-6-7-21-15-22(14-19(5)24(21)36-17(2)3)29-25-30-26(34)31(13-12-23(28)33)27(35)32(25)16-20-10-8-18(4)9-11-20/h15,17-20H,6-14,16H2,1-5H3,(H2,28,33)(H,29,30,34). The van der Waals surface area contributed by atoms with Crippen molar-refractivity contribution in [1.82, 2.24) is 14.1 Å². The molecule has 3 N–H and O–H groups in total. The van der Waals surface area contributed by atoms with Crippen LogP contribution in [0.15, 0.2) is 32.7 Å². The first-order valence-electron chi connectivity index (χ1n) is 13.5. The van der Waals surface area contributed by atoms with Gasteiger partial charge in [-0.25, -0.2) is 14.2 Å². The van der Waals surface area contributed by atoms with Gasteiger partial charge >= 0.3 is 11.4 Å². The van der Waals surface area contributed by atoms with Gasteiger partial charge < -0.3 is 15.8 Å². The molecule has 0 spiro atoms. The van der Waals surface area contributed by atoms with E-state index < -0.39 is 17.3 Å². The van der Waals surface area contributed by atoms with Crippen molar-refractivity contribution in [2.24, 2.45) is 23.5 Å². The number of nitrogens with two attached hydrogens (primary N) is 1. The van der Waals surface area contributed by atoms with Crippen LogP contribution < -0.4 is 22.4 Å². The first-order valence-corrected chi connectivity index (χ1v) is 13.5. The van der Waals surface area contributed by atoms with Gasteiger partial charge in [0.15, 0.2) is 0 Å². The smallest absolute Gasteiger partial charge is 0.354 e. The van der Waals surface area contributed by atoms with E-state index in [1.54, 1.807) is 4.57 Å². The van der Waals surface area contributed by atoms with Crippen LogP contribution in [0.25, 0.3) is 0 Å². The molecule has 0 aromatic carbocycles. The number of hydrogen-bond donors (Lipinski definition) is 2. The van der Waals surface area contributed by atoms with Gasteiger partial charge in [0.2, 0.25) is 11.9 Å². The predicted octanol–water partition coefficient (Wildman–Crippen LogP) is 3.92. The van der Waals surface area contributed by atoms with Gasteiger partial charge in [-0.2, -0.15) is 4.98 Å². The maximum atomic E-state index is 13.5. The van der Waals surface area contributed by atoms with Crippen molar-refractivity contribution in [3.63, 3.8) is 0 Å². The van der Waals surface area contributed by atoms with Crippen LogP contribution in [0.5, 0.6) is 0 Å². The fourth-order valence-electron chi connectivity index (χ4n) is 5.19. The lowest BCUT2D eigenvalue weighted by Crippen LogP contribution is -2.44. The van der Waals surface area contributed by atoms with Crippen LogP contribution in [0.3, 0.4) is 0 Å². The number of nitrogens with one attached hydrogen (secondary N) is 1. The van der Waals surface area contributed by atoms with Crippen molar-refractivity contribution >= 4 is 11.9 Å². The lowest BCUT2D eigenvalue weighted by atomic mass is 9.83. The Morgan fingerprint density at radius 2 is 1.89 bits per heavy atom. The Kier molecular flexibility index (Phi) is 9.56. The topological polar surface area (TPSA) is 121 Å². The van der Waals surface area contributed by atoms with Crippen LogP contribution in [0, 0.1) is 17.8 Å². The Morgan fingerprint density at radius 3 is 2.50 bits per heavy atom. The Hall–Kier alpha value is -2.84. The minimum Gasteiger partial charge on any atom is -0.495 e. The number of primary amides is 1. The number of nitrogens with zero attached hydrogens (tertiary/aromatic N) is 3. The average Bonchev–Trinajstić information content (AvgIpc) is 2.79. The zero-order valence-corrected chi connectivity index (χ0v) is 22.5. The molecular formula is C27H43N5O4. The second-order valence-electron chi connectivity index (χ2n) is 10.8. The van der Waals surface area contributed by atoms with E-state index in [1.807, 2.05) is 13.8 Å². The van der Waals surface area contributed by atoms with Gasteiger partial charge in [0.1, 0.15) is 5.76 Å². The number of hydrogen-bond acceptors (Lipinski definition) is 6. The summed E-state index contributed by atoms with van der Waals surface area (Å²) in [4.78, 5) is 41.8. The van der Waals surface area contributed by atoms with Crippen LogP contribution >= 0.6 is 0 Å². The summed E-state index contributed by atoms with van der Waals surface area (Å²) in [7, 11) is 0. The minimum atomic E-state index is -0.671. The highest BCUT2D eigenvalue weighted by Crippen LogP contribution is 2.34. The van der Waals surface area contributed by atoms with E-state index in [4.69, 9.17) is 10.5 Å². The van der Waals surface area contributed by atoms with E-state index >= 15 is 0 Å². The molecule has 9 heteroatoms. The predicted molar refractivity (Wildman–Crippen MR) is 141 cm³/mol. The van der Waals surface area contributed by atoms with Crippen LogP contribution in [0.1, 0.15) is 86.0 Å². The van der Waals surface area contributed by atoms with Gasteiger partial charge in [-0.15, -0.1) is 0 Å². The van der Waals surface area contributed by atoms with Gasteiger partial charge in [0.25, 0.3) is 0 Å². The fraction of sp³-hybridized carbons (Fsp3) is 0.704. The zero-order chi connectivity index (χ0) is 26.4.